The van der Waals surface area contributed by atoms with Crippen LogP contribution in [0.4, 0.5) is 4.79 Å². The van der Waals surface area contributed by atoms with Crippen LogP contribution in [0.3, 0.4) is 0 Å². The van der Waals surface area contributed by atoms with Crippen molar-refractivity contribution in [3.05, 3.63) is 68.1 Å². The van der Waals surface area contributed by atoms with Crippen molar-refractivity contribution in [3.63, 3.8) is 0 Å². The van der Waals surface area contributed by atoms with Crippen LogP contribution >= 0.6 is 11.6 Å². The zero-order chi connectivity index (χ0) is 24.3. The van der Waals surface area contributed by atoms with Crippen molar-refractivity contribution in [1.29, 1.82) is 0 Å². The van der Waals surface area contributed by atoms with Crippen LogP contribution in [0.2, 0.25) is 5.02 Å². The second kappa shape index (κ2) is 9.98. The van der Waals surface area contributed by atoms with E-state index in [0.717, 1.165) is 18.2 Å². The minimum Gasteiger partial charge on any atom is -0.449 e. The number of amides is 2. The van der Waals surface area contributed by atoms with Gasteiger partial charge in [-0.05, 0) is 42.5 Å². The predicted octanol–water partition coefficient (Wildman–Crippen LogP) is 2.05. The van der Waals surface area contributed by atoms with Crippen LogP contribution in [-0.4, -0.2) is 55.0 Å². The third-order valence-electron chi connectivity index (χ3n) is 5.50. The second-order valence-corrected chi connectivity index (χ2v) is 10.4. The van der Waals surface area contributed by atoms with Crippen LogP contribution in [0, 0.1) is 5.92 Å². The van der Waals surface area contributed by atoms with Crippen LogP contribution in [0.15, 0.2) is 45.7 Å². The Morgan fingerprint density at radius 1 is 1.32 bits per heavy atom. The average molecular weight is 507 g/mol. The molecular formula is C22H23ClN4O6S. The van der Waals surface area contributed by atoms with Gasteiger partial charge in [-0.1, -0.05) is 17.7 Å². The van der Waals surface area contributed by atoms with Crippen molar-refractivity contribution in [2.24, 2.45) is 5.92 Å². The third kappa shape index (κ3) is 5.84. The molecule has 12 heteroatoms. The van der Waals surface area contributed by atoms with Gasteiger partial charge >= 0.3 is 6.09 Å². The van der Waals surface area contributed by atoms with Crippen molar-refractivity contribution in [2.45, 2.75) is 30.8 Å². The Morgan fingerprint density at radius 2 is 2.12 bits per heavy atom. The van der Waals surface area contributed by atoms with Crippen molar-refractivity contribution in [2.75, 3.05) is 19.7 Å². The first-order valence-electron chi connectivity index (χ1n) is 10.7. The number of aromatic amines is 1. The highest BCUT2D eigenvalue weighted by Crippen LogP contribution is 2.29. The lowest BCUT2D eigenvalue weighted by molar-refractivity contribution is 0.0935. The van der Waals surface area contributed by atoms with E-state index in [1.54, 1.807) is 4.90 Å². The lowest BCUT2D eigenvalue weighted by Gasteiger charge is -2.28. The summed E-state index contributed by atoms with van der Waals surface area (Å²) < 4.78 is 29.8. The molecule has 1 fully saturated rings. The lowest BCUT2D eigenvalue weighted by Crippen LogP contribution is -2.39. The van der Waals surface area contributed by atoms with E-state index in [-0.39, 0.29) is 23.7 Å². The quantitative estimate of drug-likeness (QED) is 0.585. The van der Waals surface area contributed by atoms with E-state index in [1.165, 1.54) is 30.5 Å². The summed E-state index contributed by atoms with van der Waals surface area (Å²) in [6, 6.07) is 4.15. The summed E-state index contributed by atoms with van der Waals surface area (Å²) in [6.45, 7) is 0.933. The van der Waals surface area contributed by atoms with E-state index in [0.29, 0.717) is 41.8 Å². The molecule has 2 amide bonds. The minimum atomic E-state index is -3.80. The molecule has 1 aliphatic heterocycles. The van der Waals surface area contributed by atoms with Crippen molar-refractivity contribution >= 4 is 33.4 Å². The average Bonchev–Trinajstić information content (AvgIpc) is 3.64. The fourth-order valence-corrected chi connectivity index (χ4v) is 4.48. The number of hydrogen-bond donors (Lipinski definition) is 2. The molecule has 1 saturated carbocycles. The maximum atomic E-state index is 12.5. The van der Waals surface area contributed by atoms with E-state index in [1.807, 2.05) is 0 Å². The molecule has 3 heterocycles. The number of pyridine rings is 2. The SMILES string of the molecule is O=C(NC/C=C/S(=O)(=O)c1ccc(Cl)cn1)c1cc2c([nH]c1=O)CCN(C(=O)OCC1CC1)C2. The summed E-state index contributed by atoms with van der Waals surface area (Å²) >= 11 is 5.71. The molecule has 0 unspecified atom stereocenters. The van der Waals surface area contributed by atoms with Gasteiger partial charge < -0.3 is 19.9 Å². The van der Waals surface area contributed by atoms with Gasteiger partial charge in [0, 0.05) is 36.8 Å². The molecule has 0 aromatic carbocycles. The zero-order valence-corrected chi connectivity index (χ0v) is 19.7. The number of carbonyl (C=O) groups excluding carboxylic acids is 2. The Morgan fingerprint density at radius 3 is 2.82 bits per heavy atom. The van der Waals surface area contributed by atoms with Gasteiger partial charge in [-0.2, -0.15) is 0 Å². The number of nitrogens with one attached hydrogen (secondary N) is 2. The number of sulfone groups is 1. The summed E-state index contributed by atoms with van der Waals surface area (Å²) in [5.74, 6) is -0.205. The molecule has 180 valence electrons. The maximum Gasteiger partial charge on any atom is 0.410 e. The first-order chi connectivity index (χ1) is 16.2. The minimum absolute atomic E-state index is 0.123. The molecule has 0 bridgehead atoms. The molecule has 0 radical (unpaired) electrons. The molecule has 34 heavy (non-hydrogen) atoms. The highest BCUT2D eigenvalue weighted by Gasteiger charge is 2.27. The molecule has 4 rings (SSSR count). The van der Waals surface area contributed by atoms with Crippen LogP contribution in [0.25, 0.3) is 0 Å². The first kappa shape index (κ1) is 24.0. The van der Waals surface area contributed by atoms with E-state index in [2.05, 4.69) is 15.3 Å². The topological polar surface area (TPSA) is 139 Å². The Kier molecular flexibility index (Phi) is 7.03. The van der Waals surface area contributed by atoms with Crippen molar-refractivity contribution < 1.29 is 22.7 Å². The van der Waals surface area contributed by atoms with Gasteiger partial charge in [0.05, 0.1) is 18.2 Å². The third-order valence-corrected chi connectivity index (χ3v) is 7.10. The number of hydrogen-bond acceptors (Lipinski definition) is 7. The molecule has 2 aliphatic rings. The van der Waals surface area contributed by atoms with E-state index in [9.17, 15) is 22.8 Å². The maximum absolute atomic E-state index is 12.5. The highest BCUT2D eigenvalue weighted by atomic mass is 35.5. The highest BCUT2D eigenvalue weighted by molar-refractivity contribution is 7.94. The number of aromatic nitrogens is 2. The first-order valence-corrected chi connectivity index (χ1v) is 12.6. The summed E-state index contributed by atoms with van der Waals surface area (Å²) in [6.07, 6.45) is 4.67. The van der Waals surface area contributed by atoms with E-state index < -0.39 is 27.4 Å². The monoisotopic (exact) mass is 506 g/mol. The van der Waals surface area contributed by atoms with Gasteiger partial charge in [0.15, 0.2) is 5.03 Å². The van der Waals surface area contributed by atoms with Gasteiger partial charge in [-0.15, -0.1) is 0 Å². The predicted molar refractivity (Wildman–Crippen MR) is 123 cm³/mol. The molecule has 0 atom stereocenters. The van der Waals surface area contributed by atoms with Crippen LogP contribution in [0.1, 0.15) is 34.5 Å². The molecular weight excluding hydrogens is 484 g/mol. The molecule has 1 aliphatic carbocycles. The standard InChI is InChI=1S/C22H23ClN4O6S/c23-16-4-5-19(25-11-16)34(31,32)9-1-7-24-20(28)17-10-15-12-27(8-6-18(15)26-21(17)29)22(30)33-13-14-2-3-14/h1,4-5,9-11,14H,2-3,6-8,12-13H2,(H,24,28)(H,26,29)/b9-1+. The number of halogens is 1. The fraction of sp³-hybridized carbons (Fsp3) is 0.364. The van der Waals surface area contributed by atoms with Gasteiger partial charge in [0.25, 0.3) is 11.5 Å². The van der Waals surface area contributed by atoms with Crippen molar-refractivity contribution in [1.82, 2.24) is 20.2 Å². The molecule has 2 N–H and O–H groups in total. The van der Waals surface area contributed by atoms with Crippen LogP contribution < -0.4 is 10.9 Å². The molecule has 0 saturated heterocycles. The Balaban J connectivity index is 1.37. The number of H-pyrrole nitrogens is 1. The Bertz CT molecular complexity index is 1290. The Hall–Kier alpha value is -3.18. The molecule has 2 aromatic heterocycles. The van der Waals surface area contributed by atoms with E-state index >= 15 is 0 Å². The van der Waals surface area contributed by atoms with E-state index in [4.69, 9.17) is 16.3 Å². The zero-order valence-electron chi connectivity index (χ0n) is 18.1. The van der Waals surface area contributed by atoms with Gasteiger partial charge in [-0.3, -0.25) is 9.59 Å². The number of nitrogens with zero attached hydrogens (tertiary/aromatic N) is 2. The summed E-state index contributed by atoms with van der Waals surface area (Å²) in [5, 5.41) is 3.55. The molecule has 2 aromatic rings. The number of carbonyl (C=O) groups is 2. The van der Waals surface area contributed by atoms with Gasteiger partial charge in [-0.25, -0.2) is 18.2 Å². The molecule has 0 spiro atoms. The Labute approximate surface area is 200 Å². The second-order valence-electron chi connectivity index (χ2n) is 8.15. The van der Waals surface area contributed by atoms with Crippen molar-refractivity contribution in [3.8, 4) is 0 Å². The number of fused-ring (bicyclic) bond motifs is 1. The summed E-state index contributed by atoms with van der Waals surface area (Å²) in [7, 11) is -3.80. The largest absolute Gasteiger partial charge is 0.449 e. The van der Waals surface area contributed by atoms with Gasteiger partial charge in [0.2, 0.25) is 9.84 Å². The van der Waals surface area contributed by atoms with Gasteiger partial charge in [0.1, 0.15) is 5.56 Å². The smallest absolute Gasteiger partial charge is 0.410 e. The molecule has 10 nitrogen and oxygen atoms in total. The summed E-state index contributed by atoms with van der Waals surface area (Å²) in [4.78, 5) is 45.2. The van der Waals surface area contributed by atoms with Crippen LogP contribution in [0.5, 0.6) is 0 Å². The number of rotatable bonds is 7. The number of ether oxygens (including phenoxy) is 1. The lowest BCUT2D eigenvalue weighted by atomic mass is 10.0. The summed E-state index contributed by atoms with van der Waals surface area (Å²) in [5.41, 5.74) is 0.658. The van der Waals surface area contributed by atoms with Crippen LogP contribution in [-0.2, 0) is 27.5 Å². The normalized spacial score (nSPS) is 15.7. The fourth-order valence-electron chi connectivity index (χ4n) is 3.42.